The van der Waals surface area contributed by atoms with E-state index in [1.807, 2.05) is 0 Å². The second-order valence-corrected chi connectivity index (χ2v) is 5.06. The van der Waals surface area contributed by atoms with Crippen molar-refractivity contribution in [3.63, 3.8) is 0 Å². The van der Waals surface area contributed by atoms with Crippen LogP contribution in [0.25, 0.3) is 0 Å². The highest BCUT2D eigenvalue weighted by Crippen LogP contribution is 2.15. The standard InChI is InChI=1S/C15H19N3O4/c1-10(19)17-11-4-2-5-12(8-11)18-15(21)14(20)16-9-13-6-3-7-22-13/h2,4-5,8,13H,3,6-7,9H2,1H3,(H,16,20)(H,17,19)(H,18,21)/t13-/m0/s1. The number of carbonyl (C=O) groups excluding carboxylic acids is 3. The lowest BCUT2D eigenvalue weighted by atomic mass is 10.2. The molecule has 0 bridgehead atoms. The van der Waals surface area contributed by atoms with Crippen molar-refractivity contribution in [2.75, 3.05) is 23.8 Å². The first-order valence-corrected chi connectivity index (χ1v) is 7.13. The van der Waals surface area contributed by atoms with Gasteiger partial charge in [0.05, 0.1) is 6.10 Å². The maximum absolute atomic E-state index is 11.8. The number of nitrogens with one attached hydrogen (secondary N) is 3. The normalized spacial score (nSPS) is 16.9. The van der Waals surface area contributed by atoms with Gasteiger partial charge >= 0.3 is 11.8 Å². The van der Waals surface area contributed by atoms with Crippen LogP contribution in [0.3, 0.4) is 0 Å². The van der Waals surface area contributed by atoms with E-state index in [9.17, 15) is 14.4 Å². The molecule has 1 saturated heterocycles. The molecule has 118 valence electrons. The smallest absolute Gasteiger partial charge is 0.313 e. The predicted octanol–water partition coefficient (Wildman–Crippen LogP) is 0.879. The summed E-state index contributed by atoms with van der Waals surface area (Å²) in [6.07, 6.45) is 1.85. The molecule has 0 spiro atoms. The molecule has 2 rings (SSSR count). The third-order valence-corrected chi connectivity index (χ3v) is 3.16. The van der Waals surface area contributed by atoms with Gasteiger partial charge in [0.2, 0.25) is 5.91 Å². The van der Waals surface area contributed by atoms with Gasteiger partial charge in [0.15, 0.2) is 0 Å². The number of benzene rings is 1. The largest absolute Gasteiger partial charge is 0.376 e. The van der Waals surface area contributed by atoms with Gasteiger partial charge in [-0.25, -0.2) is 0 Å². The van der Waals surface area contributed by atoms with E-state index in [4.69, 9.17) is 4.74 Å². The summed E-state index contributed by atoms with van der Waals surface area (Å²) in [5, 5.41) is 7.64. The first-order chi connectivity index (χ1) is 10.5. The number of amides is 3. The Morgan fingerprint density at radius 2 is 1.91 bits per heavy atom. The maximum Gasteiger partial charge on any atom is 0.313 e. The van der Waals surface area contributed by atoms with Gasteiger partial charge in [0.1, 0.15) is 0 Å². The van der Waals surface area contributed by atoms with E-state index in [1.54, 1.807) is 24.3 Å². The fraction of sp³-hybridized carbons (Fsp3) is 0.400. The second kappa shape index (κ2) is 7.56. The summed E-state index contributed by atoms with van der Waals surface area (Å²) < 4.78 is 5.37. The van der Waals surface area contributed by atoms with Crippen LogP contribution in [0.2, 0.25) is 0 Å². The van der Waals surface area contributed by atoms with Crippen molar-refractivity contribution in [3.05, 3.63) is 24.3 Å². The molecule has 3 amide bonds. The summed E-state index contributed by atoms with van der Waals surface area (Å²) >= 11 is 0. The summed E-state index contributed by atoms with van der Waals surface area (Å²) in [5.74, 6) is -1.67. The summed E-state index contributed by atoms with van der Waals surface area (Å²) in [7, 11) is 0. The molecule has 7 nitrogen and oxygen atoms in total. The fourth-order valence-corrected chi connectivity index (χ4v) is 2.16. The monoisotopic (exact) mass is 305 g/mol. The lowest BCUT2D eigenvalue weighted by Gasteiger charge is -2.11. The van der Waals surface area contributed by atoms with Crippen molar-refractivity contribution in [1.82, 2.24) is 5.32 Å². The highest BCUT2D eigenvalue weighted by atomic mass is 16.5. The third-order valence-electron chi connectivity index (χ3n) is 3.16. The molecular weight excluding hydrogens is 286 g/mol. The average molecular weight is 305 g/mol. The van der Waals surface area contributed by atoms with Crippen LogP contribution >= 0.6 is 0 Å². The summed E-state index contributed by atoms with van der Waals surface area (Å²) in [6, 6.07) is 6.57. The molecule has 1 atom stereocenters. The number of ether oxygens (including phenoxy) is 1. The Morgan fingerprint density at radius 3 is 2.55 bits per heavy atom. The van der Waals surface area contributed by atoms with E-state index in [0.717, 1.165) is 12.8 Å². The molecular formula is C15H19N3O4. The molecule has 22 heavy (non-hydrogen) atoms. The number of rotatable bonds is 4. The van der Waals surface area contributed by atoms with Crippen LogP contribution in [0.4, 0.5) is 11.4 Å². The number of carbonyl (C=O) groups is 3. The number of hydrogen-bond acceptors (Lipinski definition) is 4. The van der Waals surface area contributed by atoms with Gasteiger partial charge in [-0.05, 0) is 31.0 Å². The lowest BCUT2D eigenvalue weighted by Crippen LogP contribution is -2.39. The zero-order valence-corrected chi connectivity index (χ0v) is 12.3. The van der Waals surface area contributed by atoms with Crippen LogP contribution in [-0.2, 0) is 19.1 Å². The van der Waals surface area contributed by atoms with Gasteiger partial charge in [-0.15, -0.1) is 0 Å². The molecule has 3 N–H and O–H groups in total. The molecule has 7 heteroatoms. The van der Waals surface area contributed by atoms with Crippen LogP contribution in [-0.4, -0.2) is 37.0 Å². The van der Waals surface area contributed by atoms with E-state index in [1.165, 1.54) is 6.92 Å². The Labute approximate surface area is 128 Å². The van der Waals surface area contributed by atoms with Crippen molar-refractivity contribution < 1.29 is 19.1 Å². The van der Waals surface area contributed by atoms with E-state index < -0.39 is 11.8 Å². The Morgan fingerprint density at radius 1 is 1.18 bits per heavy atom. The Bertz CT molecular complexity index is 568. The molecule has 0 radical (unpaired) electrons. The van der Waals surface area contributed by atoms with Crippen LogP contribution in [0.5, 0.6) is 0 Å². The minimum absolute atomic E-state index is 0.0140. The third kappa shape index (κ3) is 4.85. The zero-order chi connectivity index (χ0) is 15.9. The minimum atomic E-state index is -0.752. The van der Waals surface area contributed by atoms with E-state index in [2.05, 4.69) is 16.0 Å². The summed E-state index contributed by atoms with van der Waals surface area (Å²) in [4.78, 5) is 34.5. The van der Waals surface area contributed by atoms with E-state index >= 15 is 0 Å². The van der Waals surface area contributed by atoms with Gasteiger partial charge in [-0.3, -0.25) is 14.4 Å². The quantitative estimate of drug-likeness (QED) is 0.719. The van der Waals surface area contributed by atoms with E-state index in [-0.39, 0.29) is 12.0 Å². The highest BCUT2D eigenvalue weighted by Gasteiger charge is 2.19. The van der Waals surface area contributed by atoms with Crippen LogP contribution in [0.1, 0.15) is 19.8 Å². The van der Waals surface area contributed by atoms with Gasteiger partial charge in [-0.1, -0.05) is 6.07 Å². The zero-order valence-electron chi connectivity index (χ0n) is 12.3. The highest BCUT2D eigenvalue weighted by molar-refractivity contribution is 6.39. The molecule has 1 aliphatic heterocycles. The second-order valence-electron chi connectivity index (χ2n) is 5.06. The van der Waals surface area contributed by atoms with Gasteiger partial charge in [0, 0.05) is 31.5 Å². The molecule has 0 unspecified atom stereocenters. The molecule has 1 heterocycles. The molecule has 0 aromatic heterocycles. The molecule has 0 saturated carbocycles. The van der Waals surface area contributed by atoms with Crippen molar-refractivity contribution >= 4 is 29.1 Å². The summed E-state index contributed by atoms with van der Waals surface area (Å²) in [5.41, 5.74) is 0.980. The average Bonchev–Trinajstić information content (AvgIpc) is 2.97. The molecule has 1 aromatic carbocycles. The van der Waals surface area contributed by atoms with Crippen LogP contribution in [0.15, 0.2) is 24.3 Å². The van der Waals surface area contributed by atoms with Crippen molar-refractivity contribution in [2.24, 2.45) is 0 Å². The summed E-state index contributed by atoms with van der Waals surface area (Å²) in [6.45, 7) is 2.42. The van der Waals surface area contributed by atoms with Crippen LogP contribution in [0, 0.1) is 0 Å². The molecule has 1 aliphatic rings. The van der Waals surface area contributed by atoms with Gasteiger partial charge in [-0.2, -0.15) is 0 Å². The molecule has 1 fully saturated rings. The fourth-order valence-electron chi connectivity index (χ4n) is 2.16. The maximum atomic E-state index is 11.8. The Kier molecular flexibility index (Phi) is 5.48. The Hall–Kier alpha value is -2.41. The first kappa shape index (κ1) is 16.0. The SMILES string of the molecule is CC(=O)Nc1cccc(NC(=O)C(=O)NC[C@@H]2CCCO2)c1. The lowest BCUT2D eigenvalue weighted by molar-refractivity contribution is -0.136. The van der Waals surface area contributed by atoms with Crippen molar-refractivity contribution in [3.8, 4) is 0 Å². The number of hydrogen-bond donors (Lipinski definition) is 3. The molecule has 1 aromatic rings. The predicted molar refractivity (Wildman–Crippen MR) is 81.4 cm³/mol. The number of anilines is 2. The molecule has 0 aliphatic carbocycles. The Balaban J connectivity index is 1.84. The van der Waals surface area contributed by atoms with E-state index in [0.29, 0.717) is 24.5 Å². The van der Waals surface area contributed by atoms with Crippen molar-refractivity contribution in [1.29, 1.82) is 0 Å². The van der Waals surface area contributed by atoms with Gasteiger partial charge < -0.3 is 20.7 Å². The first-order valence-electron chi connectivity index (χ1n) is 7.13. The van der Waals surface area contributed by atoms with Gasteiger partial charge in [0.25, 0.3) is 0 Å². The topological polar surface area (TPSA) is 96.5 Å². The minimum Gasteiger partial charge on any atom is -0.376 e. The van der Waals surface area contributed by atoms with Crippen LogP contribution < -0.4 is 16.0 Å². The van der Waals surface area contributed by atoms with Crippen molar-refractivity contribution in [2.45, 2.75) is 25.9 Å².